The summed E-state index contributed by atoms with van der Waals surface area (Å²) in [6.45, 7) is 2.26. The molecule has 0 nitrogen and oxygen atoms in total. The highest BCUT2D eigenvalue weighted by atomic mass is 79.9. The Morgan fingerprint density at radius 3 is 1.87 bits per heavy atom. The van der Waals surface area contributed by atoms with E-state index in [1.54, 1.807) is 0 Å². The van der Waals surface area contributed by atoms with Crippen molar-refractivity contribution in [3.05, 3.63) is 12.2 Å². The SMILES string of the molecule is CCCCC/C=C/CCCCCCCBr. The van der Waals surface area contributed by atoms with Gasteiger partial charge < -0.3 is 0 Å². The van der Waals surface area contributed by atoms with E-state index in [2.05, 4.69) is 35.0 Å². The van der Waals surface area contributed by atoms with Gasteiger partial charge in [0.05, 0.1) is 0 Å². The number of halogens is 1. The van der Waals surface area contributed by atoms with Gasteiger partial charge in [-0.3, -0.25) is 0 Å². The molecule has 15 heavy (non-hydrogen) atoms. The number of unbranched alkanes of at least 4 members (excludes halogenated alkanes) is 8. The molecule has 0 rings (SSSR count). The minimum absolute atomic E-state index is 1.17. The first-order valence-corrected chi connectivity index (χ1v) is 7.75. The number of hydrogen-bond donors (Lipinski definition) is 0. The molecule has 90 valence electrons. The zero-order chi connectivity index (χ0) is 11.2. The molecule has 0 aliphatic rings. The Labute approximate surface area is 105 Å². The third-order valence-electron chi connectivity index (χ3n) is 2.65. The Kier molecular flexibility index (Phi) is 14.4. The fourth-order valence-corrected chi connectivity index (χ4v) is 2.03. The van der Waals surface area contributed by atoms with Crippen LogP contribution in [0.5, 0.6) is 0 Å². The van der Waals surface area contributed by atoms with E-state index >= 15 is 0 Å². The second kappa shape index (κ2) is 14.2. The van der Waals surface area contributed by atoms with Gasteiger partial charge in [0.2, 0.25) is 0 Å². The Morgan fingerprint density at radius 2 is 1.27 bits per heavy atom. The van der Waals surface area contributed by atoms with Gasteiger partial charge in [-0.2, -0.15) is 0 Å². The van der Waals surface area contributed by atoms with Gasteiger partial charge in [-0.05, 0) is 32.1 Å². The summed E-state index contributed by atoms with van der Waals surface area (Å²) in [5.41, 5.74) is 0. The molecule has 0 radical (unpaired) electrons. The van der Waals surface area contributed by atoms with E-state index in [9.17, 15) is 0 Å². The first kappa shape index (κ1) is 15.2. The highest BCUT2D eigenvalue weighted by molar-refractivity contribution is 9.09. The summed E-state index contributed by atoms with van der Waals surface area (Å²) in [5.74, 6) is 0. The number of hydrogen-bond acceptors (Lipinski definition) is 0. The van der Waals surface area contributed by atoms with Crippen molar-refractivity contribution in [1.29, 1.82) is 0 Å². The van der Waals surface area contributed by atoms with Gasteiger partial charge in [0, 0.05) is 5.33 Å². The van der Waals surface area contributed by atoms with Crippen LogP contribution in [0.15, 0.2) is 12.2 Å². The lowest BCUT2D eigenvalue weighted by Crippen LogP contribution is -1.79. The second-order valence-electron chi connectivity index (χ2n) is 4.21. The molecule has 1 heteroatoms. The first-order valence-electron chi connectivity index (χ1n) is 6.62. The molecule has 0 saturated carbocycles. The molecule has 0 atom stereocenters. The lowest BCUT2D eigenvalue weighted by Gasteiger charge is -1.97. The first-order chi connectivity index (χ1) is 7.41. The molecule has 0 aromatic rings. The molecule has 0 heterocycles. The van der Waals surface area contributed by atoms with Crippen molar-refractivity contribution < 1.29 is 0 Å². The average molecular weight is 275 g/mol. The fraction of sp³-hybridized carbons (Fsp3) is 0.857. The molecule has 0 fully saturated rings. The maximum Gasteiger partial charge on any atom is 0.00313 e. The van der Waals surface area contributed by atoms with Crippen LogP contribution in [0, 0.1) is 0 Å². The average Bonchev–Trinajstić information content (AvgIpc) is 2.26. The molecule has 0 aliphatic heterocycles. The van der Waals surface area contributed by atoms with E-state index in [-0.39, 0.29) is 0 Å². The number of rotatable bonds is 11. The summed E-state index contributed by atoms with van der Waals surface area (Å²) in [6.07, 6.45) is 18.4. The van der Waals surface area contributed by atoms with Gasteiger partial charge in [-0.1, -0.05) is 67.1 Å². The van der Waals surface area contributed by atoms with Crippen LogP contribution >= 0.6 is 15.9 Å². The molecule has 0 unspecified atom stereocenters. The van der Waals surface area contributed by atoms with Crippen LogP contribution in [0.4, 0.5) is 0 Å². The molecule has 0 aromatic carbocycles. The van der Waals surface area contributed by atoms with Crippen molar-refractivity contribution >= 4 is 15.9 Å². The maximum absolute atomic E-state index is 3.46. The fourth-order valence-electron chi connectivity index (χ4n) is 1.63. The van der Waals surface area contributed by atoms with E-state index in [1.165, 1.54) is 69.5 Å². The van der Waals surface area contributed by atoms with Crippen LogP contribution in [-0.4, -0.2) is 5.33 Å². The van der Waals surface area contributed by atoms with Gasteiger partial charge in [0.1, 0.15) is 0 Å². The molecule has 0 aliphatic carbocycles. The predicted molar refractivity (Wildman–Crippen MR) is 74.8 cm³/mol. The van der Waals surface area contributed by atoms with Crippen LogP contribution in [0.25, 0.3) is 0 Å². The molecular formula is C14H27Br. The largest absolute Gasteiger partial charge is 0.0928 e. The molecule has 0 bridgehead atoms. The molecule has 0 N–H and O–H groups in total. The summed E-state index contributed by atoms with van der Waals surface area (Å²) in [5, 5.41) is 1.17. The van der Waals surface area contributed by atoms with Gasteiger partial charge in [0.25, 0.3) is 0 Å². The van der Waals surface area contributed by atoms with E-state index in [0.29, 0.717) is 0 Å². The summed E-state index contributed by atoms with van der Waals surface area (Å²) in [4.78, 5) is 0. The van der Waals surface area contributed by atoms with Crippen LogP contribution in [-0.2, 0) is 0 Å². The van der Waals surface area contributed by atoms with Crippen LogP contribution in [0.2, 0.25) is 0 Å². The highest BCUT2D eigenvalue weighted by Crippen LogP contribution is 2.07. The Bertz CT molecular complexity index is 129. The summed E-state index contributed by atoms with van der Waals surface area (Å²) < 4.78 is 0. The highest BCUT2D eigenvalue weighted by Gasteiger charge is 1.88. The number of alkyl halides is 1. The van der Waals surface area contributed by atoms with Crippen molar-refractivity contribution in [2.75, 3.05) is 5.33 Å². The topological polar surface area (TPSA) is 0 Å². The van der Waals surface area contributed by atoms with Crippen LogP contribution in [0.1, 0.15) is 71.1 Å². The third kappa shape index (κ3) is 14.2. The minimum Gasteiger partial charge on any atom is -0.0928 e. The van der Waals surface area contributed by atoms with Crippen LogP contribution < -0.4 is 0 Å². The normalized spacial score (nSPS) is 11.3. The van der Waals surface area contributed by atoms with E-state index in [1.807, 2.05) is 0 Å². The summed E-state index contributed by atoms with van der Waals surface area (Å²) in [6, 6.07) is 0. The zero-order valence-electron chi connectivity index (χ0n) is 10.3. The second-order valence-corrected chi connectivity index (χ2v) is 5.01. The van der Waals surface area contributed by atoms with Gasteiger partial charge in [0.15, 0.2) is 0 Å². The summed E-state index contributed by atoms with van der Waals surface area (Å²) in [7, 11) is 0. The lowest BCUT2D eigenvalue weighted by molar-refractivity contribution is 0.640. The van der Waals surface area contributed by atoms with Crippen molar-refractivity contribution in [3.8, 4) is 0 Å². The Hall–Kier alpha value is 0.220. The molecule has 0 aromatic heterocycles. The van der Waals surface area contributed by atoms with Crippen LogP contribution in [0.3, 0.4) is 0 Å². The lowest BCUT2D eigenvalue weighted by atomic mass is 10.1. The van der Waals surface area contributed by atoms with E-state index in [0.717, 1.165) is 0 Å². The van der Waals surface area contributed by atoms with Gasteiger partial charge in [-0.25, -0.2) is 0 Å². The van der Waals surface area contributed by atoms with Crippen molar-refractivity contribution in [3.63, 3.8) is 0 Å². The Morgan fingerprint density at radius 1 is 0.733 bits per heavy atom. The van der Waals surface area contributed by atoms with E-state index < -0.39 is 0 Å². The maximum atomic E-state index is 3.46. The zero-order valence-corrected chi connectivity index (χ0v) is 11.9. The standard InChI is InChI=1S/C14H27Br/c1-2-3-4-5-6-7-8-9-10-11-12-13-14-15/h6-7H,2-5,8-14H2,1H3/b7-6+. The quantitative estimate of drug-likeness (QED) is 0.252. The van der Waals surface area contributed by atoms with Crippen molar-refractivity contribution in [2.45, 2.75) is 71.1 Å². The molecule has 0 spiro atoms. The van der Waals surface area contributed by atoms with E-state index in [4.69, 9.17) is 0 Å². The monoisotopic (exact) mass is 274 g/mol. The van der Waals surface area contributed by atoms with Gasteiger partial charge >= 0.3 is 0 Å². The minimum atomic E-state index is 1.17. The van der Waals surface area contributed by atoms with Gasteiger partial charge in [-0.15, -0.1) is 0 Å². The third-order valence-corrected chi connectivity index (χ3v) is 3.21. The summed E-state index contributed by atoms with van der Waals surface area (Å²) >= 11 is 3.46. The smallest absolute Gasteiger partial charge is 0.00313 e. The van der Waals surface area contributed by atoms with Crippen molar-refractivity contribution in [2.24, 2.45) is 0 Å². The molecular weight excluding hydrogens is 248 g/mol. The predicted octanol–water partition coefficient (Wildman–Crippen LogP) is 5.86. The molecule has 0 amide bonds. The number of allylic oxidation sites excluding steroid dienone is 2. The Balaban J connectivity index is 2.96. The molecule has 0 saturated heterocycles. The van der Waals surface area contributed by atoms with Crippen molar-refractivity contribution in [1.82, 2.24) is 0 Å².